The fraction of sp³-hybridized carbons (Fsp3) is 0.312. The molecule has 0 radical (unpaired) electrons. The van der Waals surface area contributed by atoms with Crippen molar-refractivity contribution in [2.75, 3.05) is 6.61 Å². The molecule has 1 heterocycles. The third-order valence-electron chi connectivity index (χ3n) is 3.14. The number of aromatic nitrogens is 1. The van der Waals surface area contributed by atoms with Crippen molar-refractivity contribution in [3.8, 4) is 11.8 Å². The molecule has 0 aliphatic carbocycles. The molecule has 0 bridgehead atoms. The van der Waals surface area contributed by atoms with Crippen LogP contribution in [0, 0.1) is 31.5 Å². The van der Waals surface area contributed by atoms with Gasteiger partial charge in [0.05, 0.1) is 13.2 Å². The first-order valence-electron chi connectivity index (χ1n) is 6.57. The minimum Gasteiger partial charge on any atom is -0.395 e. The molecule has 3 nitrogen and oxygen atoms in total. The van der Waals surface area contributed by atoms with Gasteiger partial charge >= 0.3 is 4.87 Å². The maximum absolute atomic E-state index is 13.6. The van der Waals surface area contributed by atoms with Gasteiger partial charge in [-0.05, 0) is 37.6 Å². The quantitative estimate of drug-likeness (QED) is 0.885. The minimum absolute atomic E-state index is 0.0159. The van der Waals surface area contributed by atoms with Gasteiger partial charge in [-0.3, -0.25) is 9.36 Å². The Balaban J connectivity index is 2.33. The highest BCUT2D eigenvalue weighted by Crippen LogP contribution is 2.14. The third kappa shape index (κ3) is 3.81. The van der Waals surface area contributed by atoms with E-state index in [0.717, 1.165) is 10.6 Å². The van der Waals surface area contributed by atoms with Gasteiger partial charge in [-0.15, -0.1) is 0 Å². The Kier molecular flexibility index (Phi) is 4.94. The molecule has 0 spiro atoms. The Bertz CT molecular complexity index is 765. The lowest BCUT2D eigenvalue weighted by Gasteiger charge is -2.06. The highest BCUT2D eigenvalue weighted by molar-refractivity contribution is 7.09. The zero-order chi connectivity index (χ0) is 15.4. The second-order valence-corrected chi connectivity index (χ2v) is 5.88. The van der Waals surface area contributed by atoms with Crippen molar-refractivity contribution in [2.45, 2.75) is 26.8 Å². The van der Waals surface area contributed by atoms with Crippen molar-refractivity contribution >= 4 is 11.3 Å². The largest absolute Gasteiger partial charge is 0.395 e. The summed E-state index contributed by atoms with van der Waals surface area (Å²) in [5, 5.41) is 8.70. The van der Waals surface area contributed by atoms with Crippen molar-refractivity contribution in [2.24, 2.45) is 0 Å². The van der Waals surface area contributed by atoms with Crippen molar-refractivity contribution < 1.29 is 9.50 Å². The lowest BCUT2D eigenvalue weighted by molar-refractivity contribution is 0.305. The highest BCUT2D eigenvalue weighted by Gasteiger charge is 2.09. The fourth-order valence-corrected chi connectivity index (χ4v) is 2.82. The number of hydrogen-bond acceptors (Lipinski definition) is 3. The van der Waals surface area contributed by atoms with Crippen LogP contribution >= 0.6 is 11.3 Å². The van der Waals surface area contributed by atoms with E-state index in [-0.39, 0.29) is 17.3 Å². The van der Waals surface area contributed by atoms with Gasteiger partial charge in [0.25, 0.3) is 0 Å². The molecule has 1 aromatic heterocycles. The van der Waals surface area contributed by atoms with Crippen LogP contribution in [0.5, 0.6) is 0 Å². The number of aliphatic hydroxyl groups is 1. The first kappa shape index (κ1) is 15.5. The number of hydrogen-bond donors (Lipinski definition) is 1. The summed E-state index contributed by atoms with van der Waals surface area (Å²) in [7, 11) is 0. The van der Waals surface area contributed by atoms with E-state index in [0.29, 0.717) is 24.1 Å². The molecule has 5 heteroatoms. The monoisotopic (exact) mass is 305 g/mol. The minimum atomic E-state index is -0.376. The first-order valence-corrected chi connectivity index (χ1v) is 7.39. The molecular weight excluding hydrogens is 289 g/mol. The fourth-order valence-electron chi connectivity index (χ4n) is 1.99. The number of aliphatic hydroxyl groups excluding tert-OH is 1. The number of nitrogens with zero attached hydrogens (tertiary/aromatic N) is 1. The van der Waals surface area contributed by atoms with Crippen molar-refractivity contribution in [1.82, 2.24) is 4.57 Å². The molecular formula is C16H16FNO2S. The standard InChI is InChI=1S/C16H16FNO2S/c1-11-12(2)21-16(20)18(11)10-14-7-13(5-3-4-6-19)8-15(17)9-14/h7-9,19H,4,6,10H2,1-2H3. The SMILES string of the molecule is Cc1sc(=O)n(Cc2cc(F)cc(C#CCCO)c2)c1C. The maximum atomic E-state index is 13.6. The summed E-state index contributed by atoms with van der Waals surface area (Å²) < 4.78 is 15.3. The molecule has 0 saturated carbocycles. The first-order chi connectivity index (χ1) is 10.0. The van der Waals surface area contributed by atoms with Gasteiger partial charge in [0, 0.05) is 22.6 Å². The predicted molar refractivity (Wildman–Crippen MR) is 82.1 cm³/mol. The number of aryl methyl sites for hydroxylation is 1. The molecule has 0 atom stereocenters. The molecule has 0 saturated heterocycles. The van der Waals surface area contributed by atoms with E-state index >= 15 is 0 Å². The molecule has 2 rings (SSSR count). The molecule has 2 aromatic rings. The molecule has 110 valence electrons. The lowest BCUT2D eigenvalue weighted by Crippen LogP contribution is -2.15. The molecule has 0 amide bonds. The Morgan fingerprint density at radius 2 is 2.10 bits per heavy atom. The molecule has 0 aliphatic rings. The molecule has 21 heavy (non-hydrogen) atoms. The summed E-state index contributed by atoms with van der Waals surface area (Å²) >= 11 is 1.20. The second-order valence-electron chi connectivity index (χ2n) is 4.72. The van der Waals surface area contributed by atoms with Crippen LogP contribution in [0.1, 0.15) is 28.1 Å². The third-order valence-corrected chi connectivity index (χ3v) is 4.14. The number of thiazole rings is 1. The van der Waals surface area contributed by atoms with E-state index in [1.54, 1.807) is 10.6 Å². The van der Waals surface area contributed by atoms with Gasteiger partial charge in [0.2, 0.25) is 0 Å². The Morgan fingerprint density at radius 1 is 1.33 bits per heavy atom. The van der Waals surface area contributed by atoms with Crippen LogP contribution in [0.25, 0.3) is 0 Å². The van der Waals surface area contributed by atoms with Crippen LogP contribution in [-0.2, 0) is 6.54 Å². The van der Waals surface area contributed by atoms with Crippen LogP contribution in [0.15, 0.2) is 23.0 Å². The molecule has 0 fully saturated rings. The molecule has 1 aromatic carbocycles. The van der Waals surface area contributed by atoms with Crippen molar-refractivity contribution in [1.29, 1.82) is 0 Å². The molecule has 1 N–H and O–H groups in total. The van der Waals surface area contributed by atoms with Gasteiger partial charge < -0.3 is 5.11 Å². The van der Waals surface area contributed by atoms with E-state index in [2.05, 4.69) is 11.8 Å². The van der Waals surface area contributed by atoms with Crippen LogP contribution in [0.4, 0.5) is 4.39 Å². The van der Waals surface area contributed by atoms with Gasteiger partial charge in [-0.1, -0.05) is 23.2 Å². The molecule has 0 unspecified atom stereocenters. The normalized spacial score (nSPS) is 10.3. The van der Waals surface area contributed by atoms with Gasteiger partial charge in [0.15, 0.2) is 0 Å². The Labute approximate surface area is 126 Å². The van der Waals surface area contributed by atoms with Crippen LogP contribution in [-0.4, -0.2) is 16.3 Å². The van der Waals surface area contributed by atoms with Gasteiger partial charge in [-0.2, -0.15) is 0 Å². The Hall–Kier alpha value is -1.90. The number of halogens is 1. The van der Waals surface area contributed by atoms with E-state index in [4.69, 9.17) is 5.11 Å². The number of rotatable bonds is 3. The average Bonchev–Trinajstić information content (AvgIpc) is 2.65. The lowest BCUT2D eigenvalue weighted by atomic mass is 10.1. The summed E-state index contributed by atoms with van der Waals surface area (Å²) in [6.45, 7) is 4.10. The average molecular weight is 305 g/mol. The van der Waals surface area contributed by atoms with Crippen molar-refractivity contribution in [3.05, 3.63) is 55.4 Å². The van der Waals surface area contributed by atoms with E-state index < -0.39 is 0 Å². The summed E-state index contributed by atoms with van der Waals surface area (Å²) in [4.78, 5) is 12.8. The van der Waals surface area contributed by atoms with Crippen LogP contribution in [0.2, 0.25) is 0 Å². The van der Waals surface area contributed by atoms with E-state index in [1.807, 2.05) is 13.8 Å². The summed E-state index contributed by atoms with van der Waals surface area (Å²) in [6.07, 6.45) is 0.355. The van der Waals surface area contributed by atoms with E-state index in [1.165, 1.54) is 23.5 Å². The smallest absolute Gasteiger partial charge is 0.307 e. The highest BCUT2D eigenvalue weighted by atomic mass is 32.1. The van der Waals surface area contributed by atoms with Crippen molar-refractivity contribution in [3.63, 3.8) is 0 Å². The topological polar surface area (TPSA) is 42.2 Å². The van der Waals surface area contributed by atoms with Crippen LogP contribution in [0.3, 0.4) is 0 Å². The Morgan fingerprint density at radius 3 is 2.71 bits per heavy atom. The maximum Gasteiger partial charge on any atom is 0.307 e. The predicted octanol–water partition coefficient (Wildman–Crippen LogP) is 2.45. The summed E-state index contributed by atoms with van der Waals surface area (Å²) in [5.74, 6) is 5.20. The second kappa shape index (κ2) is 6.70. The summed E-state index contributed by atoms with van der Waals surface area (Å²) in [6, 6.07) is 4.53. The van der Waals surface area contributed by atoms with Gasteiger partial charge in [0.1, 0.15) is 5.82 Å². The van der Waals surface area contributed by atoms with Crippen LogP contribution < -0.4 is 4.87 Å². The van der Waals surface area contributed by atoms with E-state index in [9.17, 15) is 9.18 Å². The van der Waals surface area contributed by atoms with Gasteiger partial charge in [-0.25, -0.2) is 4.39 Å². The zero-order valence-corrected chi connectivity index (χ0v) is 12.8. The molecule has 0 aliphatic heterocycles. The number of benzene rings is 1. The summed E-state index contributed by atoms with van der Waals surface area (Å²) in [5.41, 5.74) is 2.16. The zero-order valence-electron chi connectivity index (χ0n) is 11.9.